The number of unbranched alkanes of at least 4 members (excludes halogenated alkanes) is 33. The van der Waals surface area contributed by atoms with E-state index in [-0.39, 0.29) is 5.97 Å². The van der Waals surface area contributed by atoms with E-state index in [0.717, 1.165) is 25.2 Å². The van der Waals surface area contributed by atoms with Crippen LogP contribution < -0.4 is 0 Å². The smallest absolute Gasteiger partial charge is 0.305 e. The summed E-state index contributed by atoms with van der Waals surface area (Å²) in [4.78, 5) is 11.8. The normalized spacial score (nSPS) is 11.6. The molecule has 0 heterocycles. The van der Waals surface area contributed by atoms with E-state index < -0.39 is 0 Å². The van der Waals surface area contributed by atoms with Gasteiger partial charge in [0.1, 0.15) is 0 Å². The summed E-state index contributed by atoms with van der Waals surface area (Å²) in [6.45, 7) is 7.46. The first-order chi connectivity index (χ1) is 22.2. The molecule has 0 bridgehead atoms. The highest BCUT2D eigenvalue weighted by Gasteiger charge is 2.03. The summed E-state index contributed by atoms with van der Waals surface area (Å²) in [5, 5.41) is 0. The Morgan fingerprint density at radius 1 is 0.378 bits per heavy atom. The largest absolute Gasteiger partial charge is 0.466 e. The quantitative estimate of drug-likeness (QED) is 0.0497. The molecule has 0 aromatic rings. The van der Waals surface area contributed by atoms with Crippen LogP contribution in [0.25, 0.3) is 0 Å². The van der Waals surface area contributed by atoms with Gasteiger partial charge in [0.05, 0.1) is 6.61 Å². The van der Waals surface area contributed by atoms with Crippen molar-refractivity contribution in [2.24, 2.45) is 5.92 Å². The van der Waals surface area contributed by atoms with E-state index in [1.165, 1.54) is 212 Å². The first-order valence-electron chi connectivity index (χ1n) is 21.3. The molecule has 0 aliphatic rings. The van der Waals surface area contributed by atoms with Gasteiger partial charge in [-0.2, -0.15) is 0 Å². The number of hydrogen-bond acceptors (Lipinski definition) is 2. The van der Waals surface area contributed by atoms with Crippen LogP contribution in [0.4, 0.5) is 0 Å². The molecule has 0 aromatic heterocycles. The maximum Gasteiger partial charge on any atom is 0.305 e. The highest BCUT2D eigenvalue weighted by atomic mass is 16.5. The van der Waals surface area contributed by atoms with Gasteiger partial charge in [0.2, 0.25) is 0 Å². The van der Waals surface area contributed by atoms with Gasteiger partial charge < -0.3 is 4.74 Å². The molecule has 0 N–H and O–H groups in total. The molecule has 0 atom stereocenters. The lowest BCUT2D eigenvalue weighted by atomic mass is 10.0. The molecule has 0 aliphatic heterocycles. The van der Waals surface area contributed by atoms with Crippen LogP contribution >= 0.6 is 0 Å². The van der Waals surface area contributed by atoms with Crippen LogP contribution in [0.15, 0.2) is 0 Å². The number of carbonyl (C=O) groups excluding carboxylic acids is 1. The van der Waals surface area contributed by atoms with Gasteiger partial charge in [-0.05, 0) is 18.8 Å². The Bertz CT molecular complexity index is 542. The van der Waals surface area contributed by atoms with Crippen LogP contribution in [0.3, 0.4) is 0 Å². The second-order valence-electron chi connectivity index (χ2n) is 15.2. The molecular formula is C43H86O2. The molecule has 45 heavy (non-hydrogen) atoms. The molecule has 0 radical (unpaired) electrons. The van der Waals surface area contributed by atoms with Crippen molar-refractivity contribution < 1.29 is 9.53 Å². The molecule has 0 spiro atoms. The minimum absolute atomic E-state index is 0.0142. The fourth-order valence-electron chi connectivity index (χ4n) is 6.74. The lowest BCUT2D eigenvalue weighted by Gasteiger charge is -2.06. The van der Waals surface area contributed by atoms with E-state index in [9.17, 15) is 4.79 Å². The molecule has 0 unspecified atom stereocenters. The lowest BCUT2D eigenvalue weighted by molar-refractivity contribution is -0.143. The average molecular weight is 635 g/mol. The summed E-state index contributed by atoms with van der Waals surface area (Å²) in [6, 6.07) is 0. The third-order valence-electron chi connectivity index (χ3n) is 9.92. The van der Waals surface area contributed by atoms with E-state index in [0.29, 0.717) is 13.0 Å². The Kier molecular flexibility index (Phi) is 39.2. The van der Waals surface area contributed by atoms with Crippen molar-refractivity contribution >= 4 is 5.97 Å². The number of rotatable bonds is 39. The number of esters is 1. The Hall–Kier alpha value is -0.530. The number of ether oxygens (including phenoxy) is 1. The maximum atomic E-state index is 11.8. The van der Waals surface area contributed by atoms with Gasteiger partial charge in [-0.1, -0.05) is 239 Å². The second-order valence-corrected chi connectivity index (χ2v) is 15.2. The van der Waals surface area contributed by atoms with Crippen LogP contribution in [0.2, 0.25) is 0 Å². The SMILES string of the molecule is CCCCCCCCCCCCCCCCCCCCCCCCCCCCCCCCCCOC(=O)CCCCCC(C)C. The van der Waals surface area contributed by atoms with Crippen molar-refractivity contribution in [1.82, 2.24) is 0 Å². The summed E-state index contributed by atoms with van der Waals surface area (Å²) in [6.07, 6.45) is 51.1. The molecule has 0 aromatic carbocycles. The monoisotopic (exact) mass is 635 g/mol. The van der Waals surface area contributed by atoms with Gasteiger partial charge in [-0.25, -0.2) is 0 Å². The van der Waals surface area contributed by atoms with Crippen molar-refractivity contribution in [3.05, 3.63) is 0 Å². The topological polar surface area (TPSA) is 26.3 Å². The minimum Gasteiger partial charge on any atom is -0.466 e. The van der Waals surface area contributed by atoms with Crippen LogP contribution in [0.1, 0.15) is 258 Å². The Balaban J connectivity index is 3.09. The zero-order chi connectivity index (χ0) is 32.7. The fraction of sp³-hybridized carbons (Fsp3) is 0.977. The summed E-state index contributed by atoms with van der Waals surface area (Å²) >= 11 is 0. The predicted molar refractivity (Wildman–Crippen MR) is 202 cm³/mol. The predicted octanol–water partition coefficient (Wildman–Crippen LogP) is 15.6. The summed E-state index contributed by atoms with van der Waals surface area (Å²) in [7, 11) is 0. The minimum atomic E-state index is 0.0142. The standard InChI is InChI=1S/C43H86O2/c1-4-5-6-7-8-9-10-11-12-13-14-15-16-17-18-19-20-21-22-23-24-25-26-27-28-29-30-31-32-33-34-38-41-45-43(44)40-37-35-36-39-42(2)3/h42H,4-41H2,1-3H3. The fourth-order valence-corrected chi connectivity index (χ4v) is 6.74. The molecule has 0 aliphatic carbocycles. The maximum absolute atomic E-state index is 11.8. The van der Waals surface area contributed by atoms with E-state index in [4.69, 9.17) is 4.74 Å². The highest BCUT2D eigenvalue weighted by molar-refractivity contribution is 5.69. The third-order valence-corrected chi connectivity index (χ3v) is 9.92. The summed E-state index contributed by atoms with van der Waals surface area (Å²) < 4.78 is 5.40. The summed E-state index contributed by atoms with van der Waals surface area (Å²) in [5.41, 5.74) is 0. The van der Waals surface area contributed by atoms with Gasteiger partial charge in [0.25, 0.3) is 0 Å². The van der Waals surface area contributed by atoms with Gasteiger partial charge in [0.15, 0.2) is 0 Å². The van der Waals surface area contributed by atoms with E-state index in [1.807, 2.05) is 0 Å². The van der Waals surface area contributed by atoms with Crippen molar-refractivity contribution in [2.75, 3.05) is 6.61 Å². The second kappa shape index (κ2) is 39.6. The van der Waals surface area contributed by atoms with Crippen LogP contribution in [0.5, 0.6) is 0 Å². The summed E-state index contributed by atoms with van der Waals surface area (Å²) in [5.74, 6) is 0.787. The number of hydrogen-bond donors (Lipinski definition) is 0. The lowest BCUT2D eigenvalue weighted by Crippen LogP contribution is -2.05. The van der Waals surface area contributed by atoms with E-state index >= 15 is 0 Å². The Morgan fingerprint density at radius 2 is 0.644 bits per heavy atom. The molecular weight excluding hydrogens is 548 g/mol. The zero-order valence-electron chi connectivity index (χ0n) is 31.8. The first kappa shape index (κ1) is 44.5. The molecule has 0 saturated heterocycles. The van der Waals surface area contributed by atoms with Gasteiger partial charge in [-0.3, -0.25) is 4.79 Å². The highest BCUT2D eigenvalue weighted by Crippen LogP contribution is 2.17. The molecule has 2 nitrogen and oxygen atoms in total. The van der Waals surface area contributed by atoms with Crippen LogP contribution in [-0.4, -0.2) is 12.6 Å². The van der Waals surface area contributed by atoms with Gasteiger partial charge >= 0.3 is 5.97 Å². The van der Waals surface area contributed by atoms with Crippen LogP contribution in [-0.2, 0) is 9.53 Å². The third kappa shape index (κ3) is 41.4. The Morgan fingerprint density at radius 3 is 0.933 bits per heavy atom. The average Bonchev–Trinajstić information content (AvgIpc) is 3.03. The van der Waals surface area contributed by atoms with Crippen molar-refractivity contribution in [3.63, 3.8) is 0 Å². The van der Waals surface area contributed by atoms with Crippen molar-refractivity contribution in [2.45, 2.75) is 258 Å². The van der Waals surface area contributed by atoms with Crippen LogP contribution in [0, 0.1) is 5.92 Å². The molecule has 0 fully saturated rings. The van der Waals surface area contributed by atoms with Gasteiger partial charge in [-0.15, -0.1) is 0 Å². The van der Waals surface area contributed by atoms with Gasteiger partial charge in [0, 0.05) is 6.42 Å². The zero-order valence-corrected chi connectivity index (χ0v) is 31.8. The van der Waals surface area contributed by atoms with E-state index in [1.54, 1.807) is 0 Å². The molecule has 0 rings (SSSR count). The van der Waals surface area contributed by atoms with E-state index in [2.05, 4.69) is 20.8 Å². The molecule has 2 heteroatoms. The molecule has 270 valence electrons. The first-order valence-corrected chi connectivity index (χ1v) is 21.3. The molecule has 0 saturated carbocycles. The Labute approximate surface area is 285 Å². The van der Waals surface area contributed by atoms with Crippen molar-refractivity contribution in [1.29, 1.82) is 0 Å². The number of carbonyl (C=O) groups is 1. The molecule has 0 amide bonds. The van der Waals surface area contributed by atoms with Crippen molar-refractivity contribution in [3.8, 4) is 0 Å².